The molecule has 86 valence electrons. The maximum absolute atomic E-state index is 11.4. The molecule has 0 bridgehead atoms. The second kappa shape index (κ2) is 5.50. The number of rotatable bonds is 6. The van der Waals surface area contributed by atoms with Crippen LogP contribution in [0.3, 0.4) is 0 Å². The summed E-state index contributed by atoms with van der Waals surface area (Å²) in [4.78, 5) is 0. The van der Waals surface area contributed by atoms with Crippen LogP contribution in [0.1, 0.15) is 52.4 Å². The SMILES string of the molecule is CCCCC1=CS(=O)(=O)C=C1CCCC. The van der Waals surface area contributed by atoms with E-state index >= 15 is 0 Å². The van der Waals surface area contributed by atoms with Crippen LogP contribution in [-0.4, -0.2) is 8.42 Å². The van der Waals surface area contributed by atoms with E-state index in [9.17, 15) is 8.42 Å². The molecule has 0 spiro atoms. The third-order valence-electron chi connectivity index (χ3n) is 2.62. The molecule has 0 amide bonds. The Morgan fingerprint density at radius 2 is 1.33 bits per heavy atom. The zero-order valence-corrected chi connectivity index (χ0v) is 10.4. The number of hydrogen-bond donors (Lipinski definition) is 0. The van der Waals surface area contributed by atoms with E-state index < -0.39 is 9.84 Å². The molecule has 3 heteroatoms. The van der Waals surface area contributed by atoms with Crippen molar-refractivity contribution in [3.63, 3.8) is 0 Å². The molecule has 1 aliphatic rings. The molecule has 0 radical (unpaired) electrons. The summed E-state index contributed by atoms with van der Waals surface area (Å²) in [6.07, 6.45) is 6.18. The minimum Gasteiger partial charge on any atom is -0.220 e. The Morgan fingerprint density at radius 1 is 0.933 bits per heavy atom. The van der Waals surface area contributed by atoms with Crippen LogP contribution in [-0.2, 0) is 9.84 Å². The van der Waals surface area contributed by atoms with Crippen LogP contribution in [0.15, 0.2) is 22.0 Å². The number of sulfone groups is 1. The van der Waals surface area contributed by atoms with Crippen LogP contribution in [0.4, 0.5) is 0 Å². The lowest BCUT2D eigenvalue weighted by Crippen LogP contribution is -1.87. The summed E-state index contributed by atoms with van der Waals surface area (Å²) >= 11 is 0. The average Bonchev–Trinajstić information content (AvgIpc) is 2.47. The van der Waals surface area contributed by atoms with Gasteiger partial charge in [-0.05, 0) is 36.8 Å². The third-order valence-corrected chi connectivity index (χ3v) is 3.85. The first kappa shape index (κ1) is 12.5. The van der Waals surface area contributed by atoms with Crippen molar-refractivity contribution in [1.29, 1.82) is 0 Å². The molecule has 15 heavy (non-hydrogen) atoms. The maximum Gasteiger partial charge on any atom is 0.193 e. The van der Waals surface area contributed by atoms with Gasteiger partial charge in [0.05, 0.1) is 0 Å². The van der Waals surface area contributed by atoms with E-state index in [0.717, 1.165) is 49.7 Å². The average molecular weight is 228 g/mol. The molecular weight excluding hydrogens is 208 g/mol. The Hall–Kier alpha value is -0.570. The summed E-state index contributed by atoms with van der Waals surface area (Å²) in [6, 6.07) is 0. The molecule has 2 nitrogen and oxygen atoms in total. The second-order valence-corrected chi connectivity index (χ2v) is 5.73. The van der Waals surface area contributed by atoms with Gasteiger partial charge in [-0.25, -0.2) is 8.42 Å². The molecule has 0 aromatic carbocycles. The molecule has 0 atom stereocenters. The minimum atomic E-state index is -3.03. The van der Waals surface area contributed by atoms with Gasteiger partial charge in [0.15, 0.2) is 9.84 Å². The quantitative estimate of drug-likeness (QED) is 0.696. The standard InChI is InChI=1S/C12H20O2S/c1-3-5-7-11-9-15(13,14)10-12(11)8-6-4-2/h9-10H,3-8H2,1-2H3. The molecule has 0 saturated carbocycles. The van der Waals surface area contributed by atoms with Gasteiger partial charge in [-0.15, -0.1) is 0 Å². The van der Waals surface area contributed by atoms with Crippen molar-refractivity contribution < 1.29 is 8.42 Å². The topological polar surface area (TPSA) is 34.1 Å². The number of allylic oxidation sites excluding steroid dienone is 2. The number of hydrogen-bond acceptors (Lipinski definition) is 2. The summed E-state index contributed by atoms with van der Waals surface area (Å²) in [5.74, 6) is 0. The van der Waals surface area contributed by atoms with Gasteiger partial charge in [-0.1, -0.05) is 26.7 Å². The summed E-state index contributed by atoms with van der Waals surface area (Å²) in [6.45, 7) is 4.25. The fraction of sp³-hybridized carbons (Fsp3) is 0.667. The molecule has 0 aromatic heterocycles. The van der Waals surface area contributed by atoms with E-state index in [0.29, 0.717) is 0 Å². The zero-order chi connectivity index (χ0) is 11.3. The molecule has 1 heterocycles. The molecule has 0 aliphatic carbocycles. The van der Waals surface area contributed by atoms with E-state index in [-0.39, 0.29) is 0 Å². The van der Waals surface area contributed by atoms with E-state index in [1.54, 1.807) is 0 Å². The van der Waals surface area contributed by atoms with Crippen molar-refractivity contribution in [2.24, 2.45) is 0 Å². The smallest absolute Gasteiger partial charge is 0.193 e. The van der Waals surface area contributed by atoms with Crippen LogP contribution in [0.2, 0.25) is 0 Å². The van der Waals surface area contributed by atoms with E-state index in [4.69, 9.17) is 0 Å². The highest BCUT2D eigenvalue weighted by Gasteiger charge is 2.18. The summed E-state index contributed by atoms with van der Waals surface area (Å²) in [5, 5.41) is 2.90. The van der Waals surface area contributed by atoms with Crippen molar-refractivity contribution in [3.05, 3.63) is 22.0 Å². The van der Waals surface area contributed by atoms with Crippen LogP contribution in [0.25, 0.3) is 0 Å². The van der Waals surface area contributed by atoms with Gasteiger partial charge < -0.3 is 0 Å². The van der Waals surface area contributed by atoms with Crippen LogP contribution in [0.5, 0.6) is 0 Å². The van der Waals surface area contributed by atoms with E-state index in [2.05, 4.69) is 13.8 Å². The first-order valence-electron chi connectivity index (χ1n) is 5.75. The van der Waals surface area contributed by atoms with Gasteiger partial charge in [-0.3, -0.25) is 0 Å². The Kier molecular flexibility index (Phi) is 4.58. The fourth-order valence-electron chi connectivity index (χ4n) is 1.76. The molecule has 0 N–H and O–H groups in total. The predicted octanol–water partition coefficient (Wildman–Crippen LogP) is 3.56. The largest absolute Gasteiger partial charge is 0.220 e. The van der Waals surface area contributed by atoms with Gasteiger partial charge in [0.25, 0.3) is 0 Å². The Labute approximate surface area is 93.0 Å². The van der Waals surface area contributed by atoms with Crippen LogP contribution >= 0.6 is 0 Å². The molecule has 0 aromatic rings. The lowest BCUT2D eigenvalue weighted by Gasteiger charge is -2.05. The van der Waals surface area contributed by atoms with Gasteiger partial charge in [0.1, 0.15) is 0 Å². The normalized spacial score (nSPS) is 18.8. The Morgan fingerprint density at radius 3 is 1.67 bits per heavy atom. The minimum absolute atomic E-state index is 0.908. The van der Waals surface area contributed by atoms with Gasteiger partial charge in [-0.2, -0.15) is 0 Å². The Bertz CT molecular complexity index is 331. The van der Waals surface area contributed by atoms with Gasteiger partial charge in [0.2, 0.25) is 0 Å². The highest BCUT2D eigenvalue weighted by Crippen LogP contribution is 2.29. The summed E-state index contributed by atoms with van der Waals surface area (Å²) < 4.78 is 22.8. The molecule has 1 rings (SSSR count). The van der Waals surface area contributed by atoms with Gasteiger partial charge in [0, 0.05) is 10.8 Å². The lowest BCUT2D eigenvalue weighted by molar-refractivity contribution is 0.613. The third kappa shape index (κ3) is 3.82. The first-order chi connectivity index (χ1) is 7.09. The van der Waals surface area contributed by atoms with Crippen molar-refractivity contribution in [2.45, 2.75) is 52.4 Å². The predicted molar refractivity (Wildman–Crippen MR) is 64.1 cm³/mol. The van der Waals surface area contributed by atoms with E-state index in [1.165, 1.54) is 10.8 Å². The summed E-state index contributed by atoms with van der Waals surface area (Å²) in [7, 11) is -3.03. The highest BCUT2D eigenvalue weighted by molar-refractivity contribution is 7.97. The molecular formula is C12H20O2S. The molecule has 1 aliphatic heterocycles. The van der Waals surface area contributed by atoms with Crippen molar-refractivity contribution in [2.75, 3.05) is 0 Å². The highest BCUT2D eigenvalue weighted by atomic mass is 32.2. The zero-order valence-electron chi connectivity index (χ0n) is 9.62. The Balaban J connectivity index is 2.71. The monoisotopic (exact) mass is 228 g/mol. The van der Waals surface area contributed by atoms with Crippen molar-refractivity contribution in [3.8, 4) is 0 Å². The first-order valence-corrected chi connectivity index (χ1v) is 7.36. The molecule has 0 unspecified atom stereocenters. The van der Waals surface area contributed by atoms with Gasteiger partial charge >= 0.3 is 0 Å². The molecule has 0 saturated heterocycles. The van der Waals surface area contributed by atoms with E-state index in [1.807, 2.05) is 0 Å². The molecule has 0 fully saturated rings. The van der Waals surface area contributed by atoms with Crippen molar-refractivity contribution >= 4 is 9.84 Å². The fourth-order valence-corrected chi connectivity index (χ4v) is 3.16. The maximum atomic E-state index is 11.4. The lowest BCUT2D eigenvalue weighted by atomic mass is 9.99. The van der Waals surface area contributed by atoms with Crippen LogP contribution in [0, 0.1) is 0 Å². The number of unbranched alkanes of at least 4 members (excludes halogenated alkanes) is 2. The van der Waals surface area contributed by atoms with Crippen molar-refractivity contribution in [1.82, 2.24) is 0 Å². The summed E-state index contributed by atoms with van der Waals surface area (Å²) in [5.41, 5.74) is 2.09. The van der Waals surface area contributed by atoms with Crippen LogP contribution < -0.4 is 0 Å². The second-order valence-electron chi connectivity index (χ2n) is 4.08.